The minimum Gasteiger partial charge on any atom is -0.331 e. The van der Waals surface area contributed by atoms with Crippen molar-refractivity contribution in [1.29, 1.82) is 0 Å². The predicted octanol–water partition coefficient (Wildman–Crippen LogP) is 9.71. The highest BCUT2D eigenvalue weighted by Gasteiger charge is 2.17. The van der Waals surface area contributed by atoms with Gasteiger partial charge in [0.2, 0.25) is 0 Å². The third-order valence-electron chi connectivity index (χ3n) is 6.03. The molecule has 0 amide bonds. The molecule has 2 aromatic heterocycles. The number of imidazole rings is 2. The summed E-state index contributed by atoms with van der Waals surface area (Å²) in [5.41, 5.74) is 5.86. The van der Waals surface area contributed by atoms with Crippen LogP contribution in [0.25, 0.3) is 0 Å². The van der Waals surface area contributed by atoms with Crippen LogP contribution < -0.4 is 0 Å². The Balaban J connectivity index is 0.000000356. The van der Waals surface area contributed by atoms with Crippen molar-refractivity contribution in [2.24, 2.45) is 10.8 Å². The summed E-state index contributed by atoms with van der Waals surface area (Å²) in [4.78, 5) is 8.92. The lowest BCUT2D eigenvalue weighted by Crippen LogP contribution is -2.18. The molecule has 220 valence electrons. The number of aryl methyl sites for hydroxylation is 2. The van der Waals surface area contributed by atoms with E-state index in [1.807, 2.05) is 40.1 Å². The first-order valence-electron chi connectivity index (χ1n) is 15.0. The second-order valence-corrected chi connectivity index (χ2v) is 12.2. The van der Waals surface area contributed by atoms with E-state index in [0.717, 1.165) is 37.6 Å². The van der Waals surface area contributed by atoms with Crippen molar-refractivity contribution in [3.8, 4) is 0 Å². The Morgan fingerprint density at radius 1 is 0.575 bits per heavy atom. The van der Waals surface area contributed by atoms with Crippen molar-refractivity contribution >= 4 is 0 Å². The molecule has 0 saturated carbocycles. The lowest BCUT2D eigenvalue weighted by Gasteiger charge is -2.22. The van der Waals surface area contributed by atoms with Crippen LogP contribution in [-0.4, -0.2) is 19.1 Å². The van der Waals surface area contributed by atoms with Gasteiger partial charge in [0.05, 0.1) is 0 Å². The van der Waals surface area contributed by atoms with Crippen LogP contribution >= 0.6 is 0 Å². The van der Waals surface area contributed by atoms with Gasteiger partial charge in [0.1, 0.15) is 11.6 Å². The van der Waals surface area contributed by atoms with Crippen LogP contribution in [0, 0.1) is 24.7 Å². The van der Waals surface area contributed by atoms with E-state index in [1.54, 1.807) is 0 Å². The zero-order chi connectivity index (χ0) is 30.3. The Morgan fingerprint density at radius 2 is 1.02 bits per heavy atom. The van der Waals surface area contributed by atoms with Gasteiger partial charge >= 0.3 is 0 Å². The van der Waals surface area contributed by atoms with Crippen LogP contribution in [0.3, 0.4) is 0 Å². The van der Waals surface area contributed by atoms with Crippen LogP contribution in [0.2, 0.25) is 0 Å². The largest absolute Gasteiger partial charge is 0.331 e. The van der Waals surface area contributed by atoms with E-state index in [0.29, 0.717) is 5.41 Å². The van der Waals surface area contributed by atoms with E-state index >= 15 is 0 Å². The highest BCUT2D eigenvalue weighted by molar-refractivity contribution is 5.22. The van der Waals surface area contributed by atoms with Gasteiger partial charge in [-0.05, 0) is 42.2 Å². The topological polar surface area (TPSA) is 35.6 Å². The van der Waals surface area contributed by atoms with Crippen molar-refractivity contribution in [1.82, 2.24) is 19.1 Å². The molecule has 0 spiro atoms. The minimum atomic E-state index is 0.275. The molecule has 2 aromatic carbocycles. The molecular formula is C36H56N4. The molecule has 0 bridgehead atoms. The van der Waals surface area contributed by atoms with E-state index in [-0.39, 0.29) is 5.41 Å². The molecule has 0 unspecified atom stereocenters. The van der Waals surface area contributed by atoms with E-state index < -0.39 is 0 Å². The first kappa shape index (κ1) is 34.9. The predicted molar refractivity (Wildman–Crippen MR) is 174 cm³/mol. The molecule has 2 heterocycles. The number of aromatic nitrogens is 4. The normalized spacial score (nSPS) is 10.9. The summed E-state index contributed by atoms with van der Waals surface area (Å²) in [6, 6.07) is 21.1. The summed E-state index contributed by atoms with van der Waals surface area (Å²) in [7, 11) is 0. The summed E-state index contributed by atoms with van der Waals surface area (Å²) in [5.74, 6) is 2.20. The number of hydrogen-bond acceptors (Lipinski definition) is 2. The Labute approximate surface area is 245 Å². The lowest BCUT2D eigenvalue weighted by molar-refractivity contribution is 0.335. The molecule has 0 aliphatic rings. The Bertz CT molecular complexity index is 1200. The summed E-state index contributed by atoms with van der Waals surface area (Å²) in [6.07, 6.45) is 6.04. The number of nitrogens with zero attached hydrogens (tertiary/aromatic N) is 4. The monoisotopic (exact) mass is 544 g/mol. The van der Waals surface area contributed by atoms with E-state index in [1.165, 1.54) is 22.5 Å². The van der Waals surface area contributed by atoms with Gasteiger partial charge in [-0.3, -0.25) is 0 Å². The first-order chi connectivity index (χ1) is 18.9. The average molecular weight is 545 g/mol. The zero-order valence-corrected chi connectivity index (χ0v) is 27.5. The molecule has 0 N–H and O–H groups in total. The first-order valence-corrected chi connectivity index (χ1v) is 15.0. The number of hydrogen-bond donors (Lipinski definition) is 0. The molecule has 0 saturated heterocycles. The van der Waals surface area contributed by atoms with Gasteiger partial charge in [-0.25, -0.2) is 9.97 Å². The smallest absolute Gasteiger partial charge is 0.106 e. The third-order valence-corrected chi connectivity index (χ3v) is 6.03. The second-order valence-electron chi connectivity index (χ2n) is 12.2. The molecule has 4 heteroatoms. The van der Waals surface area contributed by atoms with Crippen LogP contribution in [0.5, 0.6) is 0 Å². The third kappa shape index (κ3) is 12.4. The van der Waals surface area contributed by atoms with Crippen LogP contribution in [0.1, 0.15) is 103 Å². The van der Waals surface area contributed by atoms with Gasteiger partial charge in [-0.15, -0.1) is 0 Å². The molecule has 0 aliphatic carbocycles. The SMILES string of the molecule is CC.CC.Cc1ncc(CC(C)(C)C)n1Cc1ccccc1.Cc1ncc(Cc2ccccc2)n1CC(C)(C)C. The highest BCUT2D eigenvalue weighted by atomic mass is 15.1. The maximum absolute atomic E-state index is 4.46. The van der Waals surface area contributed by atoms with E-state index in [9.17, 15) is 0 Å². The summed E-state index contributed by atoms with van der Waals surface area (Å²) >= 11 is 0. The molecule has 40 heavy (non-hydrogen) atoms. The van der Waals surface area contributed by atoms with Gasteiger partial charge < -0.3 is 9.13 Å². The maximum atomic E-state index is 4.46. The number of benzene rings is 2. The maximum Gasteiger partial charge on any atom is 0.106 e. The standard InChI is InChI=1S/2C16H22N2.2C2H6/c1-13-17-11-15(10-16(2,3)4)18(13)12-14-8-6-5-7-9-14;1-13-17-11-15(18(13)12-16(2,3)4)10-14-8-6-5-7-9-14;2*1-2/h2*5-9,11H,10,12H2,1-4H3;2*1-2H3. The molecule has 4 rings (SSSR count). The Hall–Kier alpha value is -3.14. The van der Waals surface area contributed by atoms with Gasteiger partial charge in [-0.2, -0.15) is 0 Å². The fourth-order valence-electron chi connectivity index (χ4n) is 4.33. The second kappa shape index (κ2) is 16.8. The van der Waals surface area contributed by atoms with Gasteiger partial charge in [-0.1, -0.05) is 130 Å². The van der Waals surface area contributed by atoms with Crippen molar-refractivity contribution in [2.75, 3.05) is 0 Å². The highest BCUT2D eigenvalue weighted by Crippen LogP contribution is 2.22. The van der Waals surface area contributed by atoms with Gasteiger partial charge in [0, 0.05) is 43.3 Å². The Morgan fingerprint density at radius 3 is 1.50 bits per heavy atom. The summed E-state index contributed by atoms with van der Waals surface area (Å²) in [5, 5.41) is 0. The quantitative estimate of drug-likeness (QED) is 0.242. The molecule has 0 atom stereocenters. The molecular weight excluding hydrogens is 488 g/mol. The van der Waals surface area contributed by atoms with Crippen LogP contribution in [0.4, 0.5) is 0 Å². The Kier molecular flexibility index (Phi) is 14.7. The fourth-order valence-corrected chi connectivity index (χ4v) is 4.33. The fraction of sp³-hybridized carbons (Fsp3) is 0.500. The zero-order valence-electron chi connectivity index (χ0n) is 27.5. The van der Waals surface area contributed by atoms with E-state index in [4.69, 9.17) is 0 Å². The lowest BCUT2D eigenvalue weighted by atomic mass is 9.91. The van der Waals surface area contributed by atoms with Crippen molar-refractivity contribution in [3.05, 3.63) is 107 Å². The molecule has 0 fully saturated rings. The molecule has 4 nitrogen and oxygen atoms in total. The molecule has 0 aliphatic heterocycles. The van der Waals surface area contributed by atoms with Crippen molar-refractivity contribution in [2.45, 2.75) is 109 Å². The van der Waals surface area contributed by atoms with Crippen LogP contribution in [-0.2, 0) is 25.9 Å². The van der Waals surface area contributed by atoms with E-state index in [2.05, 4.69) is 135 Å². The van der Waals surface area contributed by atoms with Gasteiger partial charge in [0.15, 0.2) is 0 Å². The van der Waals surface area contributed by atoms with Gasteiger partial charge in [0.25, 0.3) is 0 Å². The molecule has 0 radical (unpaired) electrons. The summed E-state index contributed by atoms with van der Waals surface area (Å²) in [6.45, 7) is 27.7. The summed E-state index contributed by atoms with van der Waals surface area (Å²) < 4.78 is 4.66. The van der Waals surface area contributed by atoms with Crippen molar-refractivity contribution in [3.63, 3.8) is 0 Å². The van der Waals surface area contributed by atoms with Crippen molar-refractivity contribution < 1.29 is 0 Å². The minimum absolute atomic E-state index is 0.275. The average Bonchev–Trinajstić information content (AvgIpc) is 3.42. The number of rotatable bonds is 6. The molecule has 4 aromatic rings. The van der Waals surface area contributed by atoms with Crippen LogP contribution in [0.15, 0.2) is 73.1 Å².